The van der Waals surface area contributed by atoms with Gasteiger partial charge >= 0.3 is 0 Å². The standard InChI is InChI=1S/C25H27N7O2/c1-13-10-17-21-16(6-5-9-27-21)14(2)32(4)22(17)23(29-13)30-19-11-20(31-24(33)15-7-8-15)28-12-18(19)25(34)26-3/h5-6,9-12,14-15H,7-8H2,1-4H3,(H,26,34)(H2,28,29,30,31,33)/t14-/m0/s1/i3D3. The van der Waals surface area contributed by atoms with Crippen molar-refractivity contribution in [3.05, 3.63) is 53.5 Å². The van der Waals surface area contributed by atoms with Gasteiger partial charge in [0, 0.05) is 59.3 Å². The van der Waals surface area contributed by atoms with E-state index >= 15 is 0 Å². The molecule has 9 heteroatoms. The molecule has 0 unspecified atom stereocenters. The highest BCUT2D eigenvalue weighted by Gasteiger charge is 2.31. The minimum Gasteiger partial charge on any atom is -0.364 e. The van der Waals surface area contributed by atoms with Crippen molar-refractivity contribution in [2.45, 2.75) is 32.7 Å². The molecule has 1 aliphatic carbocycles. The van der Waals surface area contributed by atoms with Gasteiger partial charge in [-0.3, -0.25) is 14.6 Å². The fourth-order valence-electron chi connectivity index (χ4n) is 4.25. The van der Waals surface area contributed by atoms with Gasteiger partial charge in [-0.15, -0.1) is 0 Å². The monoisotopic (exact) mass is 460 g/mol. The van der Waals surface area contributed by atoms with Crippen LogP contribution >= 0.6 is 0 Å². The maximum Gasteiger partial charge on any atom is 0.254 e. The van der Waals surface area contributed by atoms with Crippen molar-refractivity contribution in [3.8, 4) is 11.3 Å². The summed E-state index contributed by atoms with van der Waals surface area (Å²) in [5.74, 6) is -0.287. The highest BCUT2D eigenvalue weighted by molar-refractivity contribution is 6.02. The van der Waals surface area contributed by atoms with E-state index in [0.717, 1.165) is 41.0 Å². The van der Waals surface area contributed by atoms with Gasteiger partial charge in [-0.25, -0.2) is 9.97 Å². The fraction of sp³-hybridized carbons (Fsp3) is 0.320. The van der Waals surface area contributed by atoms with E-state index in [1.54, 1.807) is 6.20 Å². The molecular formula is C25H27N7O2. The number of fused-ring (bicyclic) bond motifs is 3. The number of nitrogens with one attached hydrogen (secondary N) is 3. The Morgan fingerprint density at radius 3 is 2.82 bits per heavy atom. The molecule has 0 saturated heterocycles. The number of carbonyl (C=O) groups is 2. The van der Waals surface area contributed by atoms with Crippen molar-refractivity contribution in [3.63, 3.8) is 0 Å². The molecule has 0 radical (unpaired) electrons. The van der Waals surface area contributed by atoms with Crippen LogP contribution in [0.15, 0.2) is 36.7 Å². The van der Waals surface area contributed by atoms with E-state index in [9.17, 15) is 9.59 Å². The van der Waals surface area contributed by atoms with Crippen molar-refractivity contribution >= 4 is 34.8 Å². The first kappa shape index (κ1) is 18.4. The molecule has 174 valence electrons. The Morgan fingerprint density at radius 1 is 1.24 bits per heavy atom. The second-order valence-electron chi connectivity index (χ2n) is 8.69. The Balaban J connectivity index is 1.60. The molecule has 0 bridgehead atoms. The number of amides is 2. The van der Waals surface area contributed by atoms with Crippen LogP contribution in [0.3, 0.4) is 0 Å². The smallest absolute Gasteiger partial charge is 0.254 e. The predicted molar refractivity (Wildman–Crippen MR) is 131 cm³/mol. The Morgan fingerprint density at radius 2 is 2.06 bits per heavy atom. The van der Waals surface area contributed by atoms with Crippen LogP contribution < -0.4 is 20.9 Å². The molecule has 5 rings (SSSR count). The number of rotatable bonds is 5. The fourth-order valence-corrected chi connectivity index (χ4v) is 4.25. The summed E-state index contributed by atoms with van der Waals surface area (Å²) in [6.45, 7) is 1.25. The molecule has 1 saturated carbocycles. The van der Waals surface area contributed by atoms with Crippen molar-refractivity contribution in [1.29, 1.82) is 0 Å². The van der Waals surface area contributed by atoms with E-state index in [4.69, 9.17) is 9.10 Å². The van der Waals surface area contributed by atoms with Crippen LogP contribution in [0, 0.1) is 12.8 Å². The van der Waals surface area contributed by atoms with E-state index < -0.39 is 12.9 Å². The summed E-state index contributed by atoms with van der Waals surface area (Å²) in [7, 11) is 1.96. The Hall–Kier alpha value is -4.01. The van der Waals surface area contributed by atoms with Gasteiger partial charge in [-0.05, 0) is 38.8 Å². The summed E-state index contributed by atoms with van der Waals surface area (Å²) in [4.78, 5) is 40.8. The van der Waals surface area contributed by atoms with Gasteiger partial charge in [0.1, 0.15) is 5.82 Å². The first-order valence-electron chi connectivity index (χ1n) is 12.6. The first-order valence-corrected chi connectivity index (χ1v) is 11.1. The molecule has 0 aromatic carbocycles. The second-order valence-corrected chi connectivity index (χ2v) is 8.69. The van der Waals surface area contributed by atoms with Crippen LogP contribution in [0.1, 0.15) is 51.5 Å². The predicted octanol–water partition coefficient (Wildman–Crippen LogP) is 3.81. The van der Waals surface area contributed by atoms with E-state index in [1.165, 1.54) is 12.3 Å². The highest BCUT2D eigenvalue weighted by atomic mass is 16.2. The van der Waals surface area contributed by atoms with E-state index in [0.29, 0.717) is 5.82 Å². The summed E-state index contributed by atoms with van der Waals surface area (Å²) >= 11 is 0. The lowest BCUT2D eigenvalue weighted by Crippen LogP contribution is -2.28. The van der Waals surface area contributed by atoms with Gasteiger partial charge in [0.25, 0.3) is 5.91 Å². The van der Waals surface area contributed by atoms with Gasteiger partial charge in [0.05, 0.1) is 28.7 Å². The summed E-state index contributed by atoms with van der Waals surface area (Å²) in [5.41, 5.74) is 4.59. The summed E-state index contributed by atoms with van der Waals surface area (Å²) in [6.07, 6.45) is 4.65. The van der Waals surface area contributed by atoms with Crippen LogP contribution in [0.4, 0.5) is 23.0 Å². The van der Waals surface area contributed by atoms with Gasteiger partial charge in [0.15, 0.2) is 5.82 Å². The molecule has 0 spiro atoms. The highest BCUT2D eigenvalue weighted by Crippen LogP contribution is 2.46. The molecule has 2 amide bonds. The number of hydrogen-bond acceptors (Lipinski definition) is 7. The lowest BCUT2D eigenvalue weighted by molar-refractivity contribution is -0.117. The summed E-state index contributed by atoms with van der Waals surface area (Å²) in [5, 5.41) is 8.01. The molecule has 2 aliphatic rings. The quantitative estimate of drug-likeness (QED) is 0.531. The number of aromatic nitrogens is 3. The number of carbonyl (C=O) groups excluding carboxylic acids is 2. The van der Waals surface area contributed by atoms with Crippen molar-refractivity contribution in [2.75, 3.05) is 29.6 Å². The van der Waals surface area contributed by atoms with E-state index in [1.807, 2.05) is 37.5 Å². The largest absolute Gasteiger partial charge is 0.364 e. The molecule has 3 N–H and O–H groups in total. The number of aryl methyl sites for hydroxylation is 1. The average Bonchev–Trinajstić information content (AvgIpc) is 3.67. The molecule has 1 atom stereocenters. The zero-order valence-corrected chi connectivity index (χ0v) is 19.1. The lowest BCUT2D eigenvalue weighted by atomic mass is 9.93. The lowest BCUT2D eigenvalue weighted by Gasteiger charge is -2.36. The zero-order valence-electron chi connectivity index (χ0n) is 22.1. The van der Waals surface area contributed by atoms with Gasteiger partial charge in [-0.1, -0.05) is 6.07 Å². The second kappa shape index (κ2) is 8.40. The maximum absolute atomic E-state index is 12.9. The Bertz CT molecular complexity index is 1410. The van der Waals surface area contributed by atoms with E-state index in [-0.39, 0.29) is 34.9 Å². The SMILES string of the molecule is [2H]C([2H])([2H])NC(=O)c1cnc(NC(=O)C2CC2)cc1Nc1nc(C)cc2c1N(C)[C@@H](C)c1cccnc1-2. The molecule has 34 heavy (non-hydrogen) atoms. The molecule has 3 aromatic rings. The van der Waals surface area contributed by atoms with Crippen molar-refractivity contribution in [1.82, 2.24) is 20.3 Å². The Kier molecular flexibility index (Phi) is 4.55. The van der Waals surface area contributed by atoms with Crippen molar-refractivity contribution in [2.24, 2.45) is 5.92 Å². The topological polar surface area (TPSA) is 112 Å². The first-order chi connectivity index (χ1) is 17.5. The van der Waals surface area contributed by atoms with Gasteiger partial charge < -0.3 is 20.9 Å². The van der Waals surface area contributed by atoms with Crippen LogP contribution in [0.5, 0.6) is 0 Å². The summed E-state index contributed by atoms with van der Waals surface area (Å²) < 4.78 is 22.3. The number of nitrogens with zero attached hydrogens (tertiary/aromatic N) is 4. The van der Waals surface area contributed by atoms with Crippen LogP contribution in [-0.2, 0) is 4.79 Å². The van der Waals surface area contributed by atoms with Crippen LogP contribution in [0.2, 0.25) is 0 Å². The van der Waals surface area contributed by atoms with Crippen molar-refractivity contribution < 1.29 is 13.7 Å². The number of pyridine rings is 3. The zero-order chi connectivity index (χ0) is 26.5. The third-order valence-corrected chi connectivity index (χ3v) is 6.31. The van der Waals surface area contributed by atoms with Gasteiger partial charge in [0.2, 0.25) is 5.91 Å². The average molecular weight is 461 g/mol. The van der Waals surface area contributed by atoms with Crippen LogP contribution in [-0.4, -0.2) is 40.8 Å². The van der Waals surface area contributed by atoms with E-state index in [2.05, 4.69) is 32.4 Å². The Labute approximate surface area is 202 Å². The third kappa shape index (κ3) is 3.83. The normalized spacial score (nSPS) is 18.0. The molecule has 9 nitrogen and oxygen atoms in total. The maximum atomic E-state index is 12.9. The number of anilines is 4. The third-order valence-electron chi connectivity index (χ3n) is 6.31. The number of hydrogen-bond donors (Lipinski definition) is 3. The van der Waals surface area contributed by atoms with Gasteiger partial charge in [-0.2, -0.15) is 0 Å². The molecule has 3 aromatic heterocycles. The minimum atomic E-state index is -2.68. The molecule has 4 heterocycles. The minimum absolute atomic E-state index is 0.00244. The summed E-state index contributed by atoms with van der Waals surface area (Å²) in [6, 6.07) is 7.44. The molecule has 1 aliphatic heterocycles. The van der Waals surface area contributed by atoms with Crippen LogP contribution in [0.25, 0.3) is 11.3 Å². The molecular weight excluding hydrogens is 430 g/mol. The molecule has 1 fully saturated rings.